The van der Waals surface area contributed by atoms with Crippen LogP contribution in [-0.2, 0) is 0 Å². The van der Waals surface area contributed by atoms with E-state index in [1.807, 2.05) is 0 Å². The van der Waals surface area contributed by atoms with Crippen LogP contribution in [0.3, 0.4) is 0 Å². The molecule has 1 rings (SSSR count). The number of rotatable bonds is 2. The third-order valence-corrected chi connectivity index (χ3v) is 1.61. The third-order valence-electron chi connectivity index (χ3n) is 1.61. The Labute approximate surface area is 81.8 Å². The summed E-state index contributed by atoms with van der Waals surface area (Å²) in [6.45, 7) is 1.71. The zero-order valence-electron chi connectivity index (χ0n) is 7.81. The second-order valence-electron chi connectivity index (χ2n) is 2.73. The van der Waals surface area contributed by atoms with Crippen LogP contribution in [0, 0.1) is 0 Å². The van der Waals surface area contributed by atoms with Crippen molar-refractivity contribution in [1.29, 1.82) is 0 Å². The summed E-state index contributed by atoms with van der Waals surface area (Å²) in [5.74, 6) is 0.0410. The summed E-state index contributed by atoms with van der Waals surface area (Å²) in [6.07, 6.45) is 0. The minimum absolute atomic E-state index is 0.111. The molecule has 5 N–H and O–H groups in total. The Kier molecular flexibility index (Phi) is 3.06. The van der Waals surface area contributed by atoms with Crippen molar-refractivity contribution in [3.8, 4) is 5.75 Å². The lowest BCUT2D eigenvalue weighted by Gasteiger charge is -2.00. The molecule has 0 bridgehead atoms. The molecule has 1 aromatic rings. The number of guanidine groups is 1. The molecule has 14 heavy (non-hydrogen) atoms. The molecule has 5 heteroatoms. The molecule has 0 aliphatic carbocycles. The van der Waals surface area contributed by atoms with E-state index in [0.29, 0.717) is 11.3 Å². The fourth-order valence-corrected chi connectivity index (χ4v) is 0.966. The number of nitrogens with two attached hydrogens (primary N) is 2. The van der Waals surface area contributed by atoms with Crippen LogP contribution in [0.15, 0.2) is 34.5 Å². The first-order valence-corrected chi connectivity index (χ1v) is 4.03. The number of nitrogens with zero attached hydrogens (tertiary/aromatic N) is 2. The topological polar surface area (TPSA) is 97.0 Å². The minimum atomic E-state index is -0.111. The van der Waals surface area contributed by atoms with Crippen LogP contribution in [0.5, 0.6) is 5.75 Å². The van der Waals surface area contributed by atoms with Gasteiger partial charge in [-0.2, -0.15) is 5.10 Å². The first-order valence-electron chi connectivity index (χ1n) is 4.03. The van der Waals surface area contributed by atoms with E-state index in [-0.39, 0.29) is 11.7 Å². The molecule has 0 saturated carbocycles. The first kappa shape index (κ1) is 10.0. The van der Waals surface area contributed by atoms with Crippen molar-refractivity contribution in [1.82, 2.24) is 0 Å². The average molecular weight is 192 g/mol. The largest absolute Gasteiger partial charge is 0.507 e. The molecule has 0 atom stereocenters. The van der Waals surface area contributed by atoms with Crippen LogP contribution >= 0.6 is 0 Å². The lowest BCUT2D eigenvalue weighted by molar-refractivity contribution is 0.474. The summed E-state index contributed by atoms with van der Waals surface area (Å²) in [5.41, 5.74) is 11.4. The third kappa shape index (κ3) is 2.48. The van der Waals surface area contributed by atoms with E-state index in [1.165, 1.54) is 0 Å². The molecular weight excluding hydrogens is 180 g/mol. The highest BCUT2D eigenvalue weighted by molar-refractivity contribution is 6.01. The number of hydrogen-bond donors (Lipinski definition) is 3. The van der Waals surface area contributed by atoms with E-state index < -0.39 is 0 Å². The van der Waals surface area contributed by atoms with E-state index in [4.69, 9.17) is 11.5 Å². The number of benzene rings is 1. The quantitative estimate of drug-likeness (QED) is 0.359. The van der Waals surface area contributed by atoms with Crippen LogP contribution in [0.25, 0.3) is 0 Å². The van der Waals surface area contributed by atoms with Crippen molar-refractivity contribution in [2.75, 3.05) is 0 Å². The molecule has 0 saturated heterocycles. The fourth-order valence-electron chi connectivity index (χ4n) is 0.966. The molecule has 5 nitrogen and oxygen atoms in total. The van der Waals surface area contributed by atoms with Crippen LogP contribution in [0.1, 0.15) is 12.5 Å². The molecule has 0 fully saturated rings. The summed E-state index contributed by atoms with van der Waals surface area (Å²) in [5, 5.41) is 16.7. The van der Waals surface area contributed by atoms with Gasteiger partial charge in [-0.05, 0) is 19.1 Å². The standard InChI is InChI=1S/C9H12N4O/c1-6(12-13-9(10)11)7-4-2-3-5-8(7)14/h2-5,14H,1H3,(H4,10,11,13)/b12-6+. The molecular formula is C9H12N4O. The predicted octanol–water partition coefficient (Wildman–Crippen LogP) is 0.390. The molecule has 0 radical (unpaired) electrons. The number of hydrogen-bond acceptors (Lipinski definition) is 3. The lowest BCUT2D eigenvalue weighted by atomic mass is 10.1. The van der Waals surface area contributed by atoms with Gasteiger partial charge in [0.2, 0.25) is 5.96 Å². The Hall–Kier alpha value is -2.04. The normalized spacial score (nSPS) is 11.1. The molecule has 0 aromatic heterocycles. The van der Waals surface area contributed by atoms with Crippen LogP contribution in [0.2, 0.25) is 0 Å². The zero-order chi connectivity index (χ0) is 10.6. The van der Waals surface area contributed by atoms with Gasteiger partial charge in [-0.3, -0.25) is 0 Å². The van der Waals surface area contributed by atoms with Gasteiger partial charge in [0.1, 0.15) is 5.75 Å². The summed E-state index contributed by atoms with van der Waals surface area (Å²) >= 11 is 0. The Morgan fingerprint density at radius 1 is 1.21 bits per heavy atom. The highest BCUT2D eigenvalue weighted by atomic mass is 16.3. The van der Waals surface area contributed by atoms with E-state index >= 15 is 0 Å². The molecule has 0 aliphatic heterocycles. The van der Waals surface area contributed by atoms with Gasteiger partial charge < -0.3 is 16.6 Å². The molecule has 1 aromatic carbocycles. The summed E-state index contributed by atoms with van der Waals surface area (Å²) in [6, 6.07) is 6.83. The van der Waals surface area contributed by atoms with Gasteiger partial charge in [-0.25, -0.2) is 0 Å². The molecule has 0 aliphatic rings. The molecule has 0 heterocycles. The highest BCUT2D eigenvalue weighted by Gasteiger charge is 2.02. The smallest absolute Gasteiger partial charge is 0.211 e. The van der Waals surface area contributed by atoms with Crippen LogP contribution in [-0.4, -0.2) is 16.8 Å². The van der Waals surface area contributed by atoms with Crippen molar-refractivity contribution >= 4 is 11.7 Å². The molecule has 0 spiro atoms. The lowest BCUT2D eigenvalue weighted by Crippen LogP contribution is -2.22. The maximum absolute atomic E-state index is 9.45. The number of aromatic hydroxyl groups is 1. The van der Waals surface area contributed by atoms with Gasteiger partial charge in [-0.15, -0.1) is 5.10 Å². The first-order chi connectivity index (χ1) is 6.61. The van der Waals surface area contributed by atoms with E-state index in [9.17, 15) is 5.11 Å². The maximum Gasteiger partial charge on any atom is 0.211 e. The average Bonchev–Trinajstić information content (AvgIpc) is 2.15. The molecule has 0 unspecified atom stereocenters. The zero-order valence-corrected chi connectivity index (χ0v) is 7.81. The fraction of sp³-hybridized carbons (Fsp3) is 0.111. The van der Waals surface area contributed by atoms with E-state index in [2.05, 4.69) is 10.2 Å². The minimum Gasteiger partial charge on any atom is -0.507 e. The highest BCUT2D eigenvalue weighted by Crippen LogP contribution is 2.16. The Bertz CT molecular complexity index is 380. The second kappa shape index (κ2) is 4.27. The van der Waals surface area contributed by atoms with E-state index in [0.717, 1.165) is 0 Å². The summed E-state index contributed by atoms with van der Waals surface area (Å²) in [4.78, 5) is 0. The SMILES string of the molecule is C/C(=N\N=C(N)N)c1ccccc1O. The van der Waals surface area contributed by atoms with Gasteiger partial charge in [-0.1, -0.05) is 12.1 Å². The monoisotopic (exact) mass is 192 g/mol. The maximum atomic E-state index is 9.45. The van der Waals surface area contributed by atoms with Crippen molar-refractivity contribution in [3.05, 3.63) is 29.8 Å². The Morgan fingerprint density at radius 3 is 2.43 bits per heavy atom. The van der Waals surface area contributed by atoms with Crippen LogP contribution < -0.4 is 11.5 Å². The van der Waals surface area contributed by atoms with Gasteiger partial charge in [0.05, 0.1) is 5.71 Å². The summed E-state index contributed by atoms with van der Waals surface area (Å²) < 4.78 is 0. The number of para-hydroxylation sites is 1. The van der Waals surface area contributed by atoms with Gasteiger partial charge in [0.15, 0.2) is 0 Å². The number of phenolic OH excluding ortho intramolecular Hbond substituents is 1. The van der Waals surface area contributed by atoms with Gasteiger partial charge in [0.25, 0.3) is 0 Å². The van der Waals surface area contributed by atoms with Crippen molar-refractivity contribution < 1.29 is 5.11 Å². The predicted molar refractivity (Wildman–Crippen MR) is 56.1 cm³/mol. The van der Waals surface area contributed by atoms with Crippen molar-refractivity contribution in [2.45, 2.75) is 6.92 Å². The second-order valence-corrected chi connectivity index (χ2v) is 2.73. The molecule has 74 valence electrons. The molecule has 0 amide bonds. The van der Waals surface area contributed by atoms with Gasteiger partial charge >= 0.3 is 0 Å². The Morgan fingerprint density at radius 2 is 1.86 bits per heavy atom. The van der Waals surface area contributed by atoms with Crippen molar-refractivity contribution in [3.63, 3.8) is 0 Å². The Balaban J connectivity index is 3.01. The van der Waals surface area contributed by atoms with Gasteiger partial charge in [0, 0.05) is 5.56 Å². The van der Waals surface area contributed by atoms with Crippen molar-refractivity contribution in [2.24, 2.45) is 21.7 Å². The summed E-state index contributed by atoms with van der Waals surface area (Å²) in [7, 11) is 0. The number of phenols is 1. The van der Waals surface area contributed by atoms with E-state index in [1.54, 1.807) is 31.2 Å². The van der Waals surface area contributed by atoms with Crippen LogP contribution in [0.4, 0.5) is 0 Å².